The van der Waals surface area contributed by atoms with Crippen molar-refractivity contribution in [2.75, 3.05) is 41.7 Å². The fourth-order valence-corrected chi connectivity index (χ4v) is 4.09. The number of para-hydroxylation sites is 2. The van der Waals surface area contributed by atoms with Crippen LogP contribution in [0.3, 0.4) is 0 Å². The number of oxazole rings is 1. The molecule has 1 aliphatic rings. The highest BCUT2D eigenvalue weighted by molar-refractivity contribution is 5.95. The Labute approximate surface area is 176 Å². The van der Waals surface area contributed by atoms with Gasteiger partial charge in [-0.2, -0.15) is 4.98 Å². The van der Waals surface area contributed by atoms with Crippen LogP contribution in [0.15, 0.2) is 51.8 Å². The predicted octanol–water partition coefficient (Wildman–Crippen LogP) is 2.29. The molecule has 3 N–H and O–H groups in total. The third-order valence-corrected chi connectivity index (χ3v) is 5.74. The van der Waals surface area contributed by atoms with Crippen molar-refractivity contribution in [3.05, 3.63) is 58.4 Å². The van der Waals surface area contributed by atoms with Gasteiger partial charge in [0.05, 0.1) is 16.9 Å². The fourth-order valence-electron chi connectivity index (χ4n) is 4.09. The largest absolute Gasteiger partial charge is 0.477 e. The first kappa shape index (κ1) is 19.0. The zero-order chi connectivity index (χ0) is 21.7. The molecule has 9 heteroatoms. The zero-order valence-electron chi connectivity index (χ0n) is 16.9. The maximum absolute atomic E-state index is 12.5. The normalized spacial score (nSPS) is 14.5. The van der Waals surface area contributed by atoms with Gasteiger partial charge in [-0.1, -0.05) is 12.1 Å². The monoisotopic (exact) mass is 419 g/mol. The van der Waals surface area contributed by atoms with Crippen molar-refractivity contribution >= 4 is 45.4 Å². The molecule has 1 saturated heterocycles. The van der Waals surface area contributed by atoms with Gasteiger partial charge in [0.15, 0.2) is 5.58 Å². The van der Waals surface area contributed by atoms with Crippen LogP contribution in [0, 0.1) is 0 Å². The first-order valence-electron chi connectivity index (χ1n) is 9.94. The molecule has 3 heterocycles. The van der Waals surface area contributed by atoms with Gasteiger partial charge < -0.3 is 29.6 Å². The molecule has 0 aliphatic carbocycles. The SMILES string of the molecule is Cn1cc(C(=O)O)c(=O)c2cc(N)c(N3CCN(c4nc5ccccc5o4)CC3)cc21. The topological polar surface area (TPSA) is 118 Å². The summed E-state index contributed by atoms with van der Waals surface area (Å²) in [5.74, 6) is -1.25. The molecule has 0 unspecified atom stereocenters. The molecule has 4 aromatic rings. The molecule has 2 aromatic carbocycles. The van der Waals surface area contributed by atoms with E-state index in [1.165, 1.54) is 6.20 Å². The number of hydrogen-bond donors (Lipinski definition) is 2. The van der Waals surface area contributed by atoms with Gasteiger partial charge in [-0.25, -0.2) is 4.79 Å². The smallest absolute Gasteiger partial charge is 0.341 e. The number of fused-ring (bicyclic) bond motifs is 2. The van der Waals surface area contributed by atoms with Crippen molar-refractivity contribution in [3.8, 4) is 0 Å². The third-order valence-electron chi connectivity index (χ3n) is 5.74. The minimum Gasteiger partial charge on any atom is -0.477 e. The van der Waals surface area contributed by atoms with E-state index in [0.29, 0.717) is 48.8 Å². The van der Waals surface area contributed by atoms with E-state index < -0.39 is 11.4 Å². The van der Waals surface area contributed by atoms with Gasteiger partial charge in [-0.3, -0.25) is 4.79 Å². The lowest BCUT2D eigenvalue weighted by molar-refractivity contribution is 0.0695. The van der Waals surface area contributed by atoms with E-state index in [1.807, 2.05) is 30.3 Å². The van der Waals surface area contributed by atoms with Crippen LogP contribution in [-0.2, 0) is 7.05 Å². The molecule has 0 amide bonds. The van der Waals surface area contributed by atoms with Crippen LogP contribution in [0.25, 0.3) is 22.0 Å². The van der Waals surface area contributed by atoms with Gasteiger partial charge in [-0.15, -0.1) is 0 Å². The lowest BCUT2D eigenvalue weighted by atomic mass is 10.1. The molecule has 0 atom stereocenters. The molecule has 0 saturated carbocycles. The van der Waals surface area contributed by atoms with Gasteiger partial charge >= 0.3 is 5.97 Å². The number of anilines is 3. The number of carboxylic acid groups (broad SMARTS) is 1. The summed E-state index contributed by atoms with van der Waals surface area (Å²) in [6.07, 6.45) is 1.35. The number of benzene rings is 2. The second kappa shape index (κ2) is 7.05. The summed E-state index contributed by atoms with van der Waals surface area (Å²) in [4.78, 5) is 32.7. The van der Waals surface area contributed by atoms with Gasteiger partial charge in [0.25, 0.3) is 6.01 Å². The van der Waals surface area contributed by atoms with E-state index >= 15 is 0 Å². The fraction of sp³-hybridized carbons (Fsp3) is 0.227. The first-order valence-corrected chi connectivity index (χ1v) is 9.94. The number of nitrogens with two attached hydrogens (primary N) is 1. The first-order chi connectivity index (χ1) is 14.9. The number of nitrogen functional groups attached to an aromatic ring is 1. The molecule has 0 spiro atoms. The molecule has 9 nitrogen and oxygen atoms in total. The van der Waals surface area contributed by atoms with Crippen molar-refractivity contribution in [2.24, 2.45) is 7.05 Å². The molecule has 158 valence electrons. The average Bonchev–Trinajstić information content (AvgIpc) is 3.20. The lowest BCUT2D eigenvalue weighted by Gasteiger charge is -2.36. The minimum atomic E-state index is -1.25. The summed E-state index contributed by atoms with van der Waals surface area (Å²) >= 11 is 0. The van der Waals surface area contributed by atoms with Crippen LogP contribution in [0.4, 0.5) is 17.4 Å². The number of nitrogens with zero attached hydrogens (tertiary/aromatic N) is 4. The molecular formula is C22H21N5O4. The Hall–Kier alpha value is -4.01. The van der Waals surface area contributed by atoms with E-state index in [2.05, 4.69) is 14.8 Å². The predicted molar refractivity (Wildman–Crippen MR) is 119 cm³/mol. The minimum absolute atomic E-state index is 0.269. The highest BCUT2D eigenvalue weighted by atomic mass is 16.4. The summed E-state index contributed by atoms with van der Waals surface area (Å²) in [6.45, 7) is 2.83. The second-order valence-corrected chi connectivity index (χ2v) is 7.65. The number of rotatable bonds is 3. The van der Waals surface area contributed by atoms with Crippen molar-refractivity contribution in [3.63, 3.8) is 0 Å². The highest BCUT2D eigenvalue weighted by Crippen LogP contribution is 2.30. The van der Waals surface area contributed by atoms with Crippen LogP contribution in [0.5, 0.6) is 0 Å². The van der Waals surface area contributed by atoms with Gasteiger partial charge in [0.2, 0.25) is 5.43 Å². The van der Waals surface area contributed by atoms with E-state index in [9.17, 15) is 14.7 Å². The average molecular weight is 419 g/mol. The molecule has 5 rings (SSSR count). The highest BCUT2D eigenvalue weighted by Gasteiger charge is 2.23. The molecule has 0 radical (unpaired) electrons. The van der Waals surface area contributed by atoms with Crippen molar-refractivity contribution < 1.29 is 14.3 Å². The third kappa shape index (κ3) is 3.14. The number of carbonyl (C=O) groups is 1. The lowest BCUT2D eigenvalue weighted by Crippen LogP contribution is -2.46. The van der Waals surface area contributed by atoms with Gasteiger partial charge in [-0.05, 0) is 24.3 Å². The Morgan fingerprint density at radius 3 is 2.55 bits per heavy atom. The molecule has 1 aliphatic heterocycles. The second-order valence-electron chi connectivity index (χ2n) is 7.65. The van der Waals surface area contributed by atoms with Crippen LogP contribution in [0.1, 0.15) is 10.4 Å². The van der Waals surface area contributed by atoms with Gasteiger partial charge in [0.1, 0.15) is 11.1 Å². The summed E-state index contributed by atoms with van der Waals surface area (Å²) in [5.41, 5.74) is 8.99. The molecule has 0 bridgehead atoms. The number of carboxylic acids is 1. The Morgan fingerprint density at radius 2 is 1.84 bits per heavy atom. The van der Waals surface area contributed by atoms with Crippen molar-refractivity contribution in [1.29, 1.82) is 0 Å². The zero-order valence-corrected chi connectivity index (χ0v) is 16.9. The maximum Gasteiger partial charge on any atom is 0.341 e. The Bertz CT molecular complexity index is 1350. The van der Waals surface area contributed by atoms with Crippen LogP contribution in [-0.4, -0.2) is 46.8 Å². The number of piperazine rings is 1. The standard InChI is InChI=1S/C22H21N5O4/c1-25-12-14(21(29)30)20(28)13-10-15(23)18(11-17(13)25)26-6-8-27(9-7-26)22-24-16-4-2-3-5-19(16)31-22/h2-5,10-12H,6-9,23H2,1H3,(H,29,30). The number of aromatic nitrogens is 2. The van der Waals surface area contributed by atoms with E-state index in [4.69, 9.17) is 10.2 Å². The summed E-state index contributed by atoms with van der Waals surface area (Å²) in [6, 6.07) is 11.7. The summed E-state index contributed by atoms with van der Waals surface area (Å²) in [5, 5.41) is 9.57. The molecule has 1 fully saturated rings. The quantitative estimate of drug-likeness (QED) is 0.486. The number of aryl methyl sites for hydroxylation is 1. The summed E-state index contributed by atoms with van der Waals surface area (Å²) < 4.78 is 7.53. The van der Waals surface area contributed by atoms with Gasteiger partial charge in [0, 0.05) is 44.8 Å². The molecule has 2 aromatic heterocycles. The van der Waals surface area contributed by atoms with Crippen molar-refractivity contribution in [2.45, 2.75) is 0 Å². The van der Waals surface area contributed by atoms with Crippen LogP contribution < -0.4 is 21.0 Å². The summed E-state index contributed by atoms with van der Waals surface area (Å²) in [7, 11) is 1.72. The van der Waals surface area contributed by atoms with E-state index in [-0.39, 0.29) is 5.56 Å². The Balaban J connectivity index is 1.43. The Morgan fingerprint density at radius 1 is 1.13 bits per heavy atom. The van der Waals surface area contributed by atoms with E-state index in [0.717, 1.165) is 16.8 Å². The van der Waals surface area contributed by atoms with Crippen molar-refractivity contribution in [1.82, 2.24) is 9.55 Å². The molecule has 31 heavy (non-hydrogen) atoms. The number of aromatic carboxylic acids is 1. The van der Waals surface area contributed by atoms with Crippen LogP contribution in [0.2, 0.25) is 0 Å². The maximum atomic E-state index is 12.5. The van der Waals surface area contributed by atoms with Crippen LogP contribution >= 0.6 is 0 Å². The Kier molecular flexibility index (Phi) is 4.32. The van der Waals surface area contributed by atoms with E-state index in [1.54, 1.807) is 17.7 Å². The molecular weight excluding hydrogens is 398 g/mol. The number of hydrogen-bond acceptors (Lipinski definition) is 7. The number of pyridine rings is 1.